The van der Waals surface area contributed by atoms with Gasteiger partial charge in [0.25, 0.3) is 5.91 Å². The highest BCUT2D eigenvalue weighted by atomic mass is 32.1. The van der Waals surface area contributed by atoms with Crippen LogP contribution in [0.5, 0.6) is 0 Å². The number of aryl methyl sites for hydroxylation is 1. The molecule has 0 aromatic carbocycles. The number of nitrogens with two attached hydrogens (primary N) is 1. The Balaban J connectivity index is 1.85. The second-order valence-electron chi connectivity index (χ2n) is 5.13. The molecule has 0 spiro atoms. The van der Waals surface area contributed by atoms with Crippen molar-refractivity contribution in [2.75, 3.05) is 19.6 Å². The minimum absolute atomic E-state index is 0.0385. The van der Waals surface area contributed by atoms with Gasteiger partial charge in [0.1, 0.15) is 0 Å². The third kappa shape index (κ3) is 3.98. The smallest absolute Gasteiger partial charge is 0.253 e. The van der Waals surface area contributed by atoms with Gasteiger partial charge in [-0.25, -0.2) is 0 Å². The molecule has 2 heterocycles. The van der Waals surface area contributed by atoms with Crippen LogP contribution >= 0.6 is 12.2 Å². The highest BCUT2D eigenvalue weighted by Crippen LogP contribution is 2.11. The number of rotatable bonds is 4. The zero-order valence-electron chi connectivity index (χ0n) is 11.6. The van der Waals surface area contributed by atoms with Crippen LogP contribution in [0, 0.1) is 6.92 Å². The minimum atomic E-state index is -0.0385. The molecule has 2 rings (SSSR count). The third-order valence-corrected chi connectivity index (χ3v) is 3.68. The number of aromatic nitrogens is 1. The first kappa shape index (κ1) is 14.9. The molecule has 1 aliphatic heterocycles. The summed E-state index contributed by atoms with van der Waals surface area (Å²) in [4.78, 5) is 19.1. The maximum Gasteiger partial charge on any atom is 0.253 e. The van der Waals surface area contributed by atoms with Crippen molar-refractivity contribution in [2.45, 2.75) is 25.8 Å². The molecule has 0 atom stereocenters. The molecule has 0 radical (unpaired) electrons. The fourth-order valence-electron chi connectivity index (χ4n) is 2.44. The van der Waals surface area contributed by atoms with Gasteiger partial charge in [0.05, 0.1) is 10.6 Å². The number of carbonyl (C=O) groups is 1. The predicted molar refractivity (Wildman–Crippen MR) is 82.7 cm³/mol. The largest absolute Gasteiger partial charge is 0.392 e. The standard InChI is InChI=1S/C14H20N4OS/c1-10-12(3-2-6-16-10)14(19)17-11-4-7-18(8-5-11)9-13(15)20/h2-3,6,11H,4-5,7-9H2,1H3,(H2,15,20)(H,17,19). The lowest BCUT2D eigenvalue weighted by molar-refractivity contribution is 0.0914. The van der Waals surface area contributed by atoms with E-state index in [1.807, 2.05) is 6.92 Å². The lowest BCUT2D eigenvalue weighted by Gasteiger charge is -2.32. The van der Waals surface area contributed by atoms with E-state index in [9.17, 15) is 4.79 Å². The molecule has 1 aromatic heterocycles. The topological polar surface area (TPSA) is 71.2 Å². The van der Waals surface area contributed by atoms with Gasteiger partial charge in [0.15, 0.2) is 0 Å². The predicted octanol–water partition coefficient (Wildman–Crippen LogP) is 0.870. The zero-order valence-corrected chi connectivity index (χ0v) is 12.4. The molecule has 0 unspecified atom stereocenters. The van der Waals surface area contributed by atoms with Gasteiger partial charge in [-0.05, 0) is 31.9 Å². The van der Waals surface area contributed by atoms with Crippen molar-refractivity contribution in [1.82, 2.24) is 15.2 Å². The molecule has 6 heteroatoms. The van der Waals surface area contributed by atoms with Crippen molar-refractivity contribution >= 4 is 23.1 Å². The monoisotopic (exact) mass is 292 g/mol. The minimum Gasteiger partial charge on any atom is -0.392 e. The summed E-state index contributed by atoms with van der Waals surface area (Å²) in [6.45, 7) is 4.33. The van der Waals surface area contributed by atoms with Gasteiger partial charge >= 0.3 is 0 Å². The second kappa shape index (κ2) is 6.76. The van der Waals surface area contributed by atoms with E-state index in [0.717, 1.165) is 31.6 Å². The van der Waals surface area contributed by atoms with E-state index in [0.29, 0.717) is 17.1 Å². The molecule has 1 amide bonds. The van der Waals surface area contributed by atoms with Gasteiger partial charge in [-0.2, -0.15) is 0 Å². The average molecular weight is 292 g/mol. The molecule has 0 saturated carbocycles. The first-order chi connectivity index (χ1) is 9.56. The van der Waals surface area contributed by atoms with Gasteiger partial charge in [-0.1, -0.05) is 12.2 Å². The van der Waals surface area contributed by atoms with Crippen molar-refractivity contribution in [3.05, 3.63) is 29.6 Å². The number of carbonyl (C=O) groups excluding carboxylic acids is 1. The molecular formula is C14H20N4OS. The Bertz CT molecular complexity index is 498. The quantitative estimate of drug-likeness (QED) is 0.806. The van der Waals surface area contributed by atoms with Gasteiger partial charge in [-0.3, -0.25) is 14.7 Å². The highest BCUT2D eigenvalue weighted by Gasteiger charge is 2.21. The van der Waals surface area contributed by atoms with E-state index < -0.39 is 0 Å². The maximum absolute atomic E-state index is 12.2. The summed E-state index contributed by atoms with van der Waals surface area (Å²) in [6, 6.07) is 3.80. The van der Waals surface area contributed by atoms with E-state index in [1.165, 1.54) is 0 Å². The summed E-state index contributed by atoms with van der Waals surface area (Å²) < 4.78 is 0. The van der Waals surface area contributed by atoms with E-state index in [2.05, 4.69) is 15.2 Å². The van der Waals surface area contributed by atoms with Crippen LogP contribution in [-0.4, -0.2) is 46.5 Å². The molecule has 1 aliphatic rings. The molecule has 20 heavy (non-hydrogen) atoms. The van der Waals surface area contributed by atoms with Gasteiger partial charge in [0, 0.05) is 37.6 Å². The van der Waals surface area contributed by atoms with Crippen LogP contribution in [0.1, 0.15) is 28.9 Å². The van der Waals surface area contributed by atoms with Crippen LogP contribution in [0.3, 0.4) is 0 Å². The third-order valence-electron chi connectivity index (χ3n) is 3.55. The molecule has 3 N–H and O–H groups in total. The average Bonchev–Trinajstić information content (AvgIpc) is 2.41. The molecule has 1 fully saturated rings. The molecular weight excluding hydrogens is 272 g/mol. The summed E-state index contributed by atoms with van der Waals surface area (Å²) in [6.07, 6.45) is 3.54. The van der Waals surface area contributed by atoms with E-state index in [1.54, 1.807) is 18.3 Å². The Morgan fingerprint density at radius 1 is 1.55 bits per heavy atom. The summed E-state index contributed by atoms with van der Waals surface area (Å²) in [5.41, 5.74) is 6.96. The normalized spacial score (nSPS) is 16.9. The fraction of sp³-hybridized carbons (Fsp3) is 0.500. The Hall–Kier alpha value is -1.53. The van der Waals surface area contributed by atoms with Gasteiger partial charge in [0.2, 0.25) is 0 Å². The Morgan fingerprint density at radius 2 is 2.25 bits per heavy atom. The number of nitrogens with zero attached hydrogens (tertiary/aromatic N) is 2. The van der Waals surface area contributed by atoms with Crippen molar-refractivity contribution in [3.63, 3.8) is 0 Å². The van der Waals surface area contributed by atoms with Crippen molar-refractivity contribution < 1.29 is 4.79 Å². The number of likely N-dealkylation sites (tertiary alicyclic amines) is 1. The molecule has 108 valence electrons. The highest BCUT2D eigenvalue weighted by molar-refractivity contribution is 7.80. The van der Waals surface area contributed by atoms with Crippen LogP contribution in [-0.2, 0) is 0 Å². The summed E-state index contributed by atoms with van der Waals surface area (Å²) in [7, 11) is 0. The van der Waals surface area contributed by atoms with Gasteiger partial charge < -0.3 is 11.1 Å². The van der Waals surface area contributed by atoms with Crippen molar-refractivity contribution in [2.24, 2.45) is 5.73 Å². The number of piperidine rings is 1. The van der Waals surface area contributed by atoms with Crippen LogP contribution in [0.4, 0.5) is 0 Å². The first-order valence-corrected chi connectivity index (χ1v) is 7.20. The van der Waals surface area contributed by atoms with Crippen LogP contribution in [0.25, 0.3) is 0 Å². The summed E-state index contributed by atoms with van der Waals surface area (Å²) in [5.74, 6) is -0.0385. The zero-order chi connectivity index (χ0) is 14.5. The Labute approximate surface area is 124 Å². The Kier molecular flexibility index (Phi) is 5.03. The summed E-state index contributed by atoms with van der Waals surface area (Å²) in [5, 5.41) is 3.08. The maximum atomic E-state index is 12.2. The van der Waals surface area contributed by atoms with E-state index >= 15 is 0 Å². The van der Waals surface area contributed by atoms with Crippen molar-refractivity contribution in [1.29, 1.82) is 0 Å². The lowest BCUT2D eigenvalue weighted by Crippen LogP contribution is -2.46. The SMILES string of the molecule is Cc1ncccc1C(=O)NC1CCN(CC(N)=S)CC1. The lowest BCUT2D eigenvalue weighted by atomic mass is 10.0. The molecule has 1 saturated heterocycles. The van der Waals surface area contributed by atoms with Gasteiger partial charge in [-0.15, -0.1) is 0 Å². The number of nitrogens with one attached hydrogen (secondary N) is 1. The molecule has 5 nitrogen and oxygen atoms in total. The summed E-state index contributed by atoms with van der Waals surface area (Å²) >= 11 is 4.91. The molecule has 0 aliphatic carbocycles. The fourth-order valence-corrected chi connectivity index (χ4v) is 2.63. The second-order valence-corrected chi connectivity index (χ2v) is 5.65. The number of thiocarbonyl (C=S) groups is 1. The molecule has 0 bridgehead atoms. The van der Waals surface area contributed by atoms with Crippen LogP contribution in [0.2, 0.25) is 0 Å². The van der Waals surface area contributed by atoms with Crippen molar-refractivity contribution in [3.8, 4) is 0 Å². The number of pyridine rings is 1. The van der Waals surface area contributed by atoms with Crippen LogP contribution in [0.15, 0.2) is 18.3 Å². The number of hydrogen-bond donors (Lipinski definition) is 2. The number of hydrogen-bond acceptors (Lipinski definition) is 4. The van der Waals surface area contributed by atoms with E-state index in [4.69, 9.17) is 18.0 Å². The van der Waals surface area contributed by atoms with Crippen LogP contribution < -0.4 is 11.1 Å². The first-order valence-electron chi connectivity index (χ1n) is 6.79. The van der Waals surface area contributed by atoms with E-state index in [-0.39, 0.29) is 11.9 Å². The molecule has 1 aromatic rings. The Morgan fingerprint density at radius 3 is 2.85 bits per heavy atom. The number of amides is 1.